The van der Waals surface area contributed by atoms with Gasteiger partial charge in [0.1, 0.15) is 11.3 Å². The van der Waals surface area contributed by atoms with Crippen LogP contribution in [0.1, 0.15) is 36.2 Å². The molecule has 3 nitrogen and oxygen atoms in total. The first-order valence-corrected chi connectivity index (χ1v) is 8.92. The van der Waals surface area contributed by atoms with Crippen molar-refractivity contribution >= 4 is 16.8 Å². The minimum absolute atomic E-state index is 0.0353. The maximum atomic E-state index is 13.8. The first-order valence-electron chi connectivity index (χ1n) is 8.92. The van der Waals surface area contributed by atoms with Crippen molar-refractivity contribution in [1.29, 1.82) is 0 Å². The first kappa shape index (κ1) is 18.1. The summed E-state index contributed by atoms with van der Waals surface area (Å²) in [5.74, 6) is -0.0886. The summed E-state index contributed by atoms with van der Waals surface area (Å²) in [5.41, 5.74) is 1.93. The summed E-state index contributed by atoms with van der Waals surface area (Å²) in [4.78, 5) is 16.8. The number of hydrogen-bond donors (Lipinski definition) is 1. The lowest BCUT2D eigenvalue weighted by Crippen LogP contribution is -2.37. The Balaban J connectivity index is 1.78. The minimum atomic E-state index is -0.378. The number of amides is 1. The van der Waals surface area contributed by atoms with Crippen molar-refractivity contribution in [2.75, 3.05) is 0 Å². The molecule has 1 atom stereocenters. The van der Waals surface area contributed by atoms with Gasteiger partial charge in [-0.1, -0.05) is 56.3 Å². The highest BCUT2D eigenvalue weighted by Crippen LogP contribution is 2.17. The largest absolute Gasteiger partial charge is 0.349 e. The lowest BCUT2D eigenvalue weighted by Gasteiger charge is -2.21. The van der Waals surface area contributed by atoms with Crippen LogP contribution in [0.5, 0.6) is 0 Å². The SMILES string of the molecule is CC(C)CC(Cc1ccccc1)NC(=O)c1cnc2c(F)cccc2c1. The monoisotopic (exact) mass is 350 g/mol. The van der Waals surface area contributed by atoms with E-state index in [4.69, 9.17) is 0 Å². The molecule has 4 heteroatoms. The van der Waals surface area contributed by atoms with Crippen molar-refractivity contribution in [2.24, 2.45) is 5.92 Å². The molecule has 26 heavy (non-hydrogen) atoms. The third-order valence-corrected chi connectivity index (χ3v) is 4.34. The molecule has 0 aliphatic rings. The standard InChI is InChI=1S/C22H23FN2O/c1-15(2)11-19(12-16-7-4-3-5-8-16)25-22(26)18-13-17-9-6-10-20(23)21(17)24-14-18/h3-10,13-15,19H,11-12H2,1-2H3,(H,25,26). The third-order valence-electron chi connectivity index (χ3n) is 4.34. The average Bonchev–Trinajstić information content (AvgIpc) is 2.62. The number of carbonyl (C=O) groups is 1. The summed E-state index contributed by atoms with van der Waals surface area (Å²) in [6, 6.07) is 16.6. The number of carbonyl (C=O) groups excluding carboxylic acids is 1. The van der Waals surface area contributed by atoms with E-state index in [1.165, 1.54) is 17.8 Å². The molecule has 2 aromatic carbocycles. The molecule has 1 heterocycles. The maximum absolute atomic E-state index is 13.8. The Bertz CT molecular complexity index is 893. The fraction of sp³-hybridized carbons (Fsp3) is 0.273. The molecule has 0 spiro atoms. The number of fused-ring (bicyclic) bond motifs is 1. The summed E-state index contributed by atoms with van der Waals surface area (Å²) < 4.78 is 13.8. The van der Waals surface area contributed by atoms with E-state index in [2.05, 4.69) is 36.3 Å². The fourth-order valence-corrected chi connectivity index (χ4v) is 3.18. The molecule has 1 amide bonds. The van der Waals surface area contributed by atoms with Crippen LogP contribution in [0.15, 0.2) is 60.8 Å². The van der Waals surface area contributed by atoms with E-state index in [9.17, 15) is 9.18 Å². The molecule has 0 fully saturated rings. The molecule has 3 rings (SSSR count). The van der Waals surface area contributed by atoms with E-state index in [1.807, 2.05) is 18.2 Å². The average molecular weight is 350 g/mol. The van der Waals surface area contributed by atoms with Gasteiger partial charge in [0.2, 0.25) is 0 Å². The molecule has 1 N–H and O–H groups in total. The van der Waals surface area contributed by atoms with E-state index >= 15 is 0 Å². The molecule has 3 aromatic rings. The van der Waals surface area contributed by atoms with Crippen molar-refractivity contribution in [3.05, 3.63) is 77.7 Å². The summed E-state index contributed by atoms with van der Waals surface area (Å²) >= 11 is 0. The van der Waals surface area contributed by atoms with Crippen molar-refractivity contribution in [3.63, 3.8) is 0 Å². The van der Waals surface area contributed by atoms with Gasteiger partial charge in [-0.15, -0.1) is 0 Å². The third kappa shape index (κ3) is 4.45. The van der Waals surface area contributed by atoms with Crippen LogP contribution in [0.2, 0.25) is 0 Å². The number of benzene rings is 2. The maximum Gasteiger partial charge on any atom is 0.253 e. The summed E-state index contributed by atoms with van der Waals surface area (Å²) in [6.45, 7) is 4.29. The van der Waals surface area contributed by atoms with Crippen LogP contribution in [-0.2, 0) is 6.42 Å². The minimum Gasteiger partial charge on any atom is -0.349 e. The lowest BCUT2D eigenvalue weighted by atomic mass is 9.97. The van der Waals surface area contributed by atoms with Crippen molar-refractivity contribution in [1.82, 2.24) is 10.3 Å². The first-order chi connectivity index (χ1) is 12.5. The summed E-state index contributed by atoms with van der Waals surface area (Å²) in [7, 11) is 0. The van der Waals surface area contributed by atoms with Crippen molar-refractivity contribution < 1.29 is 9.18 Å². The van der Waals surface area contributed by atoms with Gasteiger partial charge < -0.3 is 5.32 Å². The molecule has 1 aromatic heterocycles. The zero-order valence-electron chi connectivity index (χ0n) is 15.1. The van der Waals surface area contributed by atoms with Crippen LogP contribution in [-0.4, -0.2) is 16.9 Å². The van der Waals surface area contributed by atoms with Gasteiger partial charge in [0, 0.05) is 17.6 Å². The quantitative estimate of drug-likeness (QED) is 0.696. The number of hydrogen-bond acceptors (Lipinski definition) is 2. The topological polar surface area (TPSA) is 42.0 Å². The van der Waals surface area contributed by atoms with Gasteiger partial charge in [0.05, 0.1) is 5.56 Å². The predicted molar refractivity (Wildman–Crippen MR) is 103 cm³/mol. The van der Waals surface area contributed by atoms with E-state index in [1.54, 1.807) is 18.2 Å². The second-order valence-electron chi connectivity index (χ2n) is 7.03. The van der Waals surface area contributed by atoms with Crippen LogP contribution >= 0.6 is 0 Å². The van der Waals surface area contributed by atoms with Crippen LogP contribution in [0.25, 0.3) is 10.9 Å². The smallest absolute Gasteiger partial charge is 0.253 e. The van der Waals surface area contributed by atoms with Gasteiger partial charge >= 0.3 is 0 Å². The highest BCUT2D eigenvalue weighted by Gasteiger charge is 2.17. The van der Waals surface area contributed by atoms with E-state index in [0.29, 0.717) is 16.9 Å². The Morgan fingerprint density at radius 3 is 2.62 bits per heavy atom. The van der Waals surface area contributed by atoms with Gasteiger partial charge in [-0.25, -0.2) is 4.39 Å². The molecule has 0 radical (unpaired) electrons. The van der Waals surface area contributed by atoms with Crippen molar-refractivity contribution in [2.45, 2.75) is 32.7 Å². The fourth-order valence-electron chi connectivity index (χ4n) is 3.18. The molecule has 134 valence electrons. The van der Waals surface area contributed by atoms with E-state index < -0.39 is 0 Å². The van der Waals surface area contributed by atoms with Crippen LogP contribution < -0.4 is 5.32 Å². The number of nitrogens with one attached hydrogen (secondary N) is 1. The second kappa shape index (κ2) is 8.09. The number of halogens is 1. The van der Waals surface area contributed by atoms with Crippen LogP contribution in [0.4, 0.5) is 4.39 Å². The molecule has 1 unspecified atom stereocenters. The summed E-state index contributed by atoms with van der Waals surface area (Å²) in [5, 5.41) is 3.75. The van der Waals surface area contributed by atoms with Gasteiger partial charge in [0.25, 0.3) is 5.91 Å². The second-order valence-corrected chi connectivity index (χ2v) is 7.03. The van der Waals surface area contributed by atoms with Gasteiger partial charge in [-0.05, 0) is 36.5 Å². The van der Waals surface area contributed by atoms with E-state index in [0.717, 1.165) is 12.8 Å². The number of pyridine rings is 1. The van der Waals surface area contributed by atoms with E-state index in [-0.39, 0.29) is 23.3 Å². The zero-order valence-corrected chi connectivity index (χ0v) is 15.1. The van der Waals surface area contributed by atoms with Gasteiger partial charge in [-0.3, -0.25) is 9.78 Å². The lowest BCUT2D eigenvalue weighted by molar-refractivity contribution is 0.0932. The Morgan fingerprint density at radius 1 is 1.12 bits per heavy atom. The Kier molecular flexibility index (Phi) is 5.61. The molecular formula is C22H23FN2O. The normalized spacial score (nSPS) is 12.3. The zero-order chi connectivity index (χ0) is 18.5. The van der Waals surface area contributed by atoms with Gasteiger partial charge in [0.15, 0.2) is 0 Å². The number of rotatable bonds is 6. The Morgan fingerprint density at radius 2 is 1.88 bits per heavy atom. The van der Waals surface area contributed by atoms with Crippen LogP contribution in [0, 0.1) is 11.7 Å². The molecule has 0 saturated heterocycles. The molecule has 0 saturated carbocycles. The number of aromatic nitrogens is 1. The molecule has 0 bridgehead atoms. The number of para-hydroxylation sites is 1. The molecule has 0 aliphatic carbocycles. The number of nitrogens with zero attached hydrogens (tertiary/aromatic N) is 1. The van der Waals surface area contributed by atoms with Gasteiger partial charge in [-0.2, -0.15) is 0 Å². The highest BCUT2D eigenvalue weighted by molar-refractivity contribution is 5.97. The molecule has 0 aliphatic heterocycles. The highest BCUT2D eigenvalue weighted by atomic mass is 19.1. The summed E-state index contributed by atoms with van der Waals surface area (Å²) in [6.07, 6.45) is 3.10. The Labute approximate surface area is 153 Å². The Hall–Kier alpha value is -2.75. The van der Waals surface area contributed by atoms with Crippen LogP contribution in [0.3, 0.4) is 0 Å². The predicted octanol–water partition coefficient (Wildman–Crippen LogP) is 4.76. The molecular weight excluding hydrogens is 327 g/mol. The van der Waals surface area contributed by atoms with Crippen molar-refractivity contribution in [3.8, 4) is 0 Å².